The summed E-state index contributed by atoms with van der Waals surface area (Å²) in [5, 5.41) is 6.13. The van der Waals surface area contributed by atoms with E-state index in [2.05, 4.69) is 15.6 Å². The van der Waals surface area contributed by atoms with Gasteiger partial charge in [0.2, 0.25) is 0 Å². The molecule has 2 aromatic rings. The predicted molar refractivity (Wildman–Crippen MR) is 114 cm³/mol. The second-order valence-corrected chi connectivity index (χ2v) is 8.87. The van der Waals surface area contributed by atoms with Crippen molar-refractivity contribution in [3.63, 3.8) is 0 Å². The van der Waals surface area contributed by atoms with Crippen LogP contribution in [-0.4, -0.2) is 33.8 Å². The zero-order valence-corrected chi connectivity index (χ0v) is 18.2. The van der Waals surface area contributed by atoms with Gasteiger partial charge in [0, 0.05) is 19.3 Å². The number of ether oxygens (including phenoxy) is 1. The van der Waals surface area contributed by atoms with Crippen LogP contribution < -0.4 is 15.4 Å². The summed E-state index contributed by atoms with van der Waals surface area (Å²) >= 11 is 0. The Hall–Kier alpha value is -2.68. The summed E-state index contributed by atoms with van der Waals surface area (Å²) in [7, 11) is -3.26. The molecule has 0 saturated heterocycles. The average Bonchev–Trinajstić information content (AvgIpc) is 2.67. The highest BCUT2D eigenvalue weighted by Gasteiger charge is 2.11. The topological polar surface area (TPSA) is 79.8 Å². The molecule has 0 saturated carbocycles. The zero-order valence-electron chi connectivity index (χ0n) is 17.3. The number of aliphatic imine (C=N–C) groups is 1. The largest absolute Gasteiger partial charge is 0.491 e. The number of rotatable bonds is 9. The second kappa shape index (κ2) is 10.9. The van der Waals surface area contributed by atoms with Crippen LogP contribution in [0.2, 0.25) is 0 Å². The second-order valence-electron chi connectivity index (χ2n) is 6.73. The number of benzene rings is 2. The summed E-state index contributed by atoms with van der Waals surface area (Å²) < 4.78 is 56.2. The van der Waals surface area contributed by atoms with Crippen molar-refractivity contribution in [1.82, 2.24) is 10.6 Å². The van der Waals surface area contributed by atoms with E-state index in [4.69, 9.17) is 4.74 Å². The van der Waals surface area contributed by atoms with Crippen LogP contribution in [0.1, 0.15) is 30.5 Å². The van der Waals surface area contributed by atoms with Crippen LogP contribution >= 0.6 is 0 Å². The van der Waals surface area contributed by atoms with Gasteiger partial charge >= 0.3 is 0 Å². The third-order valence-electron chi connectivity index (χ3n) is 4.09. The van der Waals surface area contributed by atoms with Gasteiger partial charge in [-0.3, -0.25) is 0 Å². The van der Waals surface area contributed by atoms with Gasteiger partial charge in [0.1, 0.15) is 5.82 Å². The van der Waals surface area contributed by atoms with Gasteiger partial charge in [-0.1, -0.05) is 12.1 Å². The maximum absolute atomic E-state index is 14.0. The Kier molecular flexibility index (Phi) is 8.58. The first-order valence-electron chi connectivity index (χ1n) is 9.60. The van der Waals surface area contributed by atoms with E-state index in [0.717, 1.165) is 6.26 Å². The van der Waals surface area contributed by atoms with Crippen LogP contribution in [0, 0.1) is 11.6 Å². The highest BCUT2D eigenvalue weighted by molar-refractivity contribution is 7.89. The van der Waals surface area contributed by atoms with E-state index in [-0.39, 0.29) is 24.6 Å². The molecule has 0 heterocycles. The molecular weight excluding hydrogens is 412 g/mol. The summed E-state index contributed by atoms with van der Waals surface area (Å²) in [5.41, 5.74) is 1.71. The maximum atomic E-state index is 14.0. The Balaban J connectivity index is 2.13. The summed E-state index contributed by atoms with van der Waals surface area (Å²) in [6.07, 6.45) is 1.13. The molecule has 2 aromatic carbocycles. The molecule has 6 nitrogen and oxygen atoms in total. The van der Waals surface area contributed by atoms with Crippen molar-refractivity contribution in [1.29, 1.82) is 0 Å². The van der Waals surface area contributed by atoms with Crippen molar-refractivity contribution in [3.8, 4) is 5.75 Å². The molecule has 0 aliphatic heterocycles. The van der Waals surface area contributed by atoms with Crippen molar-refractivity contribution >= 4 is 15.8 Å². The van der Waals surface area contributed by atoms with Crippen LogP contribution in [-0.2, 0) is 28.7 Å². The van der Waals surface area contributed by atoms with E-state index >= 15 is 0 Å². The minimum Gasteiger partial charge on any atom is -0.491 e. The van der Waals surface area contributed by atoms with E-state index in [1.807, 2.05) is 6.92 Å². The molecule has 0 spiro atoms. The molecule has 164 valence electrons. The van der Waals surface area contributed by atoms with Gasteiger partial charge in [-0.15, -0.1) is 0 Å². The Morgan fingerprint density at radius 3 is 2.47 bits per heavy atom. The Labute approximate surface area is 176 Å². The third-order valence-corrected chi connectivity index (χ3v) is 4.93. The molecule has 0 radical (unpaired) electrons. The molecule has 0 aliphatic rings. The summed E-state index contributed by atoms with van der Waals surface area (Å²) in [4.78, 5) is 4.42. The van der Waals surface area contributed by atoms with Gasteiger partial charge in [-0.05, 0) is 54.8 Å². The number of nitrogens with one attached hydrogen (secondary N) is 2. The first-order valence-corrected chi connectivity index (χ1v) is 11.7. The number of halogens is 2. The van der Waals surface area contributed by atoms with E-state index in [0.29, 0.717) is 35.8 Å². The minimum atomic E-state index is -3.26. The predicted octanol–water partition coefficient (Wildman–Crippen LogP) is 3.16. The lowest BCUT2D eigenvalue weighted by Gasteiger charge is -2.14. The summed E-state index contributed by atoms with van der Waals surface area (Å²) in [6, 6.07) is 8.68. The molecule has 0 fully saturated rings. The van der Waals surface area contributed by atoms with Crippen LogP contribution in [0.5, 0.6) is 5.75 Å². The monoisotopic (exact) mass is 439 g/mol. The molecular formula is C21H27F2N3O3S. The summed E-state index contributed by atoms with van der Waals surface area (Å²) in [6.45, 7) is 5.05. The summed E-state index contributed by atoms with van der Waals surface area (Å²) in [5.74, 6) is -0.437. The molecule has 0 bridgehead atoms. The molecule has 0 atom stereocenters. The molecule has 9 heteroatoms. The lowest BCUT2D eigenvalue weighted by atomic mass is 10.1. The quantitative estimate of drug-likeness (QED) is 0.464. The van der Waals surface area contributed by atoms with E-state index in [1.54, 1.807) is 19.1 Å². The standard InChI is InChI=1S/C21H27F2N3O3S/c1-4-24-21(25-12-15-6-9-20(29-5-2)19(23)10-15)26-13-17-11-18(22)8-7-16(17)14-30(3,27)28/h6-11H,4-5,12-14H2,1-3H3,(H2,24,25,26). The van der Waals surface area contributed by atoms with Gasteiger partial charge in [-0.25, -0.2) is 22.2 Å². The van der Waals surface area contributed by atoms with Gasteiger partial charge in [-0.2, -0.15) is 0 Å². The van der Waals surface area contributed by atoms with Crippen LogP contribution in [0.25, 0.3) is 0 Å². The van der Waals surface area contributed by atoms with E-state index < -0.39 is 21.5 Å². The van der Waals surface area contributed by atoms with Crippen LogP contribution in [0.3, 0.4) is 0 Å². The van der Waals surface area contributed by atoms with E-state index in [9.17, 15) is 17.2 Å². The molecule has 2 N–H and O–H groups in total. The van der Waals surface area contributed by atoms with Crippen molar-refractivity contribution in [2.45, 2.75) is 32.7 Å². The highest BCUT2D eigenvalue weighted by Crippen LogP contribution is 2.19. The first kappa shape index (κ1) is 23.6. The molecule has 0 aromatic heterocycles. The van der Waals surface area contributed by atoms with Crippen LogP contribution in [0.15, 0.2) is 41.4 Å². The number of hydrogen-bond acceptors (Lipinski definition) is 4. The molecule has 30 heavy (non-hydrogen) atoms. The SMILES string of the molecule is CCNC(=NCc1ccc(OCC)c(F)c1)NCc1cc(F)ccc1CS(C)(=O)=O. The third kappa shape index (κ3) is 7.62. The van der Waals surface area contributed by atoms with Crippen molar-refractivity contribution < 1.29 is 21.9 Å². The average molecular weight is 440 g/mol. The van der Waals surface area contributed by atoms with Crippen molar-refractivity contribution in [2.24, 2.45) is 4.99 Å². The highest BCUT2D eigenvalue weighted by atomic mass is 32.2. The Morgan fingerprint density at radius 2 is 1.83 bits per heavy atom. The Bertz CT molecular complexity index is 995. The fourth-order valence-electron chi connectivity index (χ4n) is 2.79. The smallest absolute Gasteiger partial charge is 0.191 e. The number of guanidine groups is 1. The number of hydrogen-bond donors (Lipinski definition) is 2. The Morgan fingerprint density at radius 1 is 1.07 bits per heavy atom. The normalized spacial score (nSPS) is 12.0. The fourth-order valence-corrected chi connectivity index (χ4v) is 3.64. The molecule has 0 unspecified atom stereocenters. The van der Waals surface area contributed by atoms with Crippen molar-refractivity contribution in [2.75, 3.05) is 19.4 Å². The lowest BCUT2D eigenvalue weighted by molar-refractivity contribution is 0.321. The first-order chi connectivity index (χ1) is 14.2. The number of sulfone groups is 1. The zero-order chi connectivity index (χ0) is 22.1. The lowest BCUT2D eigenvalue weighted by Crippen LogP contribution is -2.37. The van der Waals surface area contributed by atoms with Crippen LogP contribution in [0.4, 0.5) is 8.78 Å². The van der Waals surface area contributed by atoms with Gasteiger partial charge in [0.25, 0.3) is 0 Å². The molecule has 0 aliphatic carbocycles. The van der Waals surface area contributed by atoms with Gasteiger partial charge in [0.15, 0.2) is 27.4 Å². The van der Waals surface area contributed by atoms with E-state index in [1.165, 1.54) is 24.3 Å². The molecule has 0 amide bonds. The molecule has 2 rings (SSSR count). The van der Waals surface area contributed by atoms with Gasteiger partial charge < -0.3 is 15.4 Å². The van der Waals surface area contributed by atoms with Crippen molar-refractivity contribution in [3.05, 3.63) is 64.7 Å². The minimum absolute atomic E-state index is 0.177. The number of nitrogens with zero attached hydrogens (tertiary/aromatic N) is 1. The maximum Gasteiger partial charge on any atom is 0.191 e. The van der Waals surface area contributed by atoms with Gasteiger partial charge in [0.05, 0.1) is 18.9 Å². The fraction of sp³-hybridized carbons (Fsp3) is 0.381.